The molecule has 43 heavy (non-hydrogen) atoms. The van der Waals surface area contributed by atoms with Crippen molar-refractivity contribution in [3.8, 4) is 6.07 Å². The molecule has 0 saturated carbocycles. The van der Waals surface area contributed by atoms with Gasteiger partial charge in [0, 0.05) is 52.9 Å². The molecule has 1 N–H and O–H groups in total. The van der Waals surface area contributed by atoms with Crippen molar-refractivity contribution in [1.29, 1.82) is 5.26 Å². The Morgan fingerprint density at radius 1 is 1.26 bits per heavy atom. The average molecular weight is 622 g/mol. The van der Waals surface area contributed by atoms with Crippen LogP contribution in [0, 0.1) is 11.3 Å². The minimum atomic E-state index is -1.58. The number of fused-ring (bicyclic) bond motifs is 1. The monoisotopic (exact) mass is 621 g/mol. The lowest BCUT2D eigenvalue weighted by Gasteiger charge is -2.38. The standard InChI is InChI=1S/C27H44N9O6P/c1-18(2)36(19(3)4)43(40-12-8-9-28)42-22-20(15-34-10-13-39-14-11-34)41-26(23(22)38-7)35-17-29-21-24(35)31-27(32-25(21)37)30-16-33(5)6/h16-20,22-23,26H,8,10-15H2,1-7H3,(H,31,32,37)/b30-16+. The van der Waals surface area contributed by atoms with Gasteiger partial charge in [0.25, 0.3) is 14.1 Å². The van der Waals surface area contributed by atoms with E-state index in [0.29, 0.717) is 25.4 Å². The maximum absolute atomic E-state index is 12.9. The normalized spacial score (nSPS) is 24.1. The van der Waals surface area contributed by atoms with Crippen molar-refractivity contribution in [2.24, 2.45) is 4.99 Å². The van der Waals surface area contributed by atoms with Crippen molar-refractivity contribution in [3.63, 3.8) is 0 Å². The number of methoxy groups -OCH3 is 1. The highest BCUT2D eigenvalue weighted by atomic mass is 31.2. The molecule has 2 aromatic heterocycles. The first-order valence-corrected chi connectivity index (χ1v) is 15.7. The van der Waals surface area contributed by atoms with Crippen LogP contribution in [-0.4, -0.2) is 131 Å². The molecule has 0 radical (unpaired) electrons. The van der Waals surface area contributed by atoms with Gasteiger partial charge in [0.2, 0.25) is 5.95 Å². The number of imidazole rings is 1. The summed E-state index contributed by atoms with van der Waals surface area (Å²) in [5, 5.41) is 9.17. The Balaban J connectivity index is 1.72. The van der Waals surface area contributed by atoms with Crippen molar-refractivity contribution >= 4 is 32.0 Å². The fourth-order valence-corrected chi connectivity index (χ4v) is 6.99. The van der Waals surface area contributed by atoms with Crippen LogP contribution in [0.2, 0.25) is 0 Å². The fourth-order valence-electron chi connectivity index (χ4n) is 5.23. The Kier molecular flexibility index (Phi) is 12.0. The van der Waals surface area contributed by atoms with Crippen LogP contribution in [0.5, 0.6) is 0 Å². The first-order valence-electron chi connectivity index (χ1n) is 14.5. The van der Waals surface area contributed by atoms with Crippen molar-refractivity contribution in [2.45, 2.75) is 70.7 Å². The molecule has 0 spiro atoms. The van der Waals surface area contributed by atoms with E-state index >= 15 is 0 Å². The molecule has 2 aromatic rings. The molecule has 2 saturated heterocycles. The van der Waals surface area contributed by atoms with Crippen LogP contribution in [0.3, 0.4) is 0 Å². The van der Waals surface area contributed by atoms with E-state index in [0.717, 1.165) is 13.1 Å². The molecule has 0 aromatic carbocycles. The highest BCUT2D eigenvalue weighted by Gasteiger charge is 2.50. The summed E-state index contributed by atoms with van der Waals surface area (Å²) in [4.78, 5) is 32.8. The zero-order valence-electron chi connectivity index (χ0n) is 26.0. The lowest BCUT2D eigenvalue weighted by molar-refractivity contribution is -0.0603. The largest absolute Gasteiger partial charge is 0.379 e. The number of nitrogens with zero attached hydrogens (tertiary/aromatic N) is 8. The number of aromatic nitrogens is 4. The molecule has 0 aliphatic carbocycles. The molecule has 0 bridgehead atoms. The molecular formula is C27H44N9O6P. The molecule has 2 aliphatic rings. The number of aromatic amines is 1. The van der Waals surface area contributed by atoms with Gasteiger partial charge in [-0.25, -0.2) is 14.6 Å². The van der Waals surface area contributed by atoms with E-state index in [-0.39, 0.29) is 36.6 Å². The Hall–Kier alpha value is -2.54. The van der Waals surface area contributed by atoms with Crippen LogP contribution in [0.4, 0.5) is 5.95 Å². The van der Waals surface area contributed by atoms with Gasteiger partial charge in [-0.3, -0.25) is 19.2 Å². The van der Waals surface area contributed by atoms with Gasteiger partial charge in [-0.1, -0.05) is 0 Å². The number of ether oxygens (including phenoxy) is 3. The second-order valence-corrected chi connectivity index (χ2v) is 12.6. The molecule has 2 fully saturated rings. The number of rotatable bonds is 14. The molecule has 0 amide bonds. The van der Waals surface area contributed by atoms with E-state index in [9.17, 15) is 4.79 Å². The first-order chi connectivity index (χ1) is 20.6. The van der Waals surface area contributed by atoms with Crippen LogP contribution < -0.4 is 5.56 Å². The summed E-state index contributed by atoms with van der Waals surface area (Å²) >= 11 is 0. The summed E-state index contributed by atoms with van der Waals surface area (Å²) in [6, 6.07) is 2.40. The molecule has 5 atom stereocenters. The second-order valence-electron chi connectivity index (χ2n) is 11.2. The van der Waals surface area contributed by atoms with Gasteiger partial charge in [-0.2, -0.15) is 10.2 Å². The molecule has 5 unspecified atom stereocenters. The van der Waals surface area contributed by atoms with Gasteiger partial charge < -0.3 is 28.2 Å². The Morgan fingerprint density at radius 3 is 2.60 bits per heavy atom. The number of nitrogens with one attached hydrogen (secondary N) is 1. The van der Waals surface area contributed by atoms with Crippen molar-refractivity contribution < 1.29 is 23.3 Å². The van der Waals surface area contributed by atoms with E-state index in [1.165, 1.54) is 6.33 Å². The summed E-state index contributed by atoms with van der Waals surface area (Å²) in [5.74, 6) is 0.150. The third-order valence-corrected chi connectivity index (χ3v) is 9.21. The number of morpholine rings is 1. The SMILES string of the molecule is COC1C(OP(OCCC#N)N(C(C)C)C(C)C)C(CN2CCOCC2)OC1n1cnc2c(=O)[nH]c(/N=C/N(C)C)nc21. The van der Waals surface area contributed by atoms with E-state index in [1.807, 2.05) is 14.1 Å². The van der Waals surface area contributed by atoms with Gasteiger partial charge >= 0.3 is 0 Å². The zero-order chi connectivity index (χ0) is 31.1. The highest BCUT2D eigenvalue weighted by Crippen LogP contribution is 2.50. The van der Waals surface area contributed by atoms with Gasteiger partial charge in [-0.15, -0.1) is 0 Å². The van der Waals surface area contributed by atoms with Crippen LogP contribution >= 0.6 is 8.53 Å². The minimum Gasteiger partial charge on any atom is -0.379 e. The van der Waals surface area contributed by atoms with Crippen LogP contribution in [0.1, 0.15) is 40.3 Å². The van der Waals surface area contributed by atoms with Crippen LogP contribution in [0.25, 0.3) is 11.2 Å². The quantitative estimate of drug-likeness (QED) is 0.142. The number of nitriles is 1. The van der Waals surface area contributed by atoms with E-state index in [4.69, 9.17) is 28.5 Å². The molecule has 2 aliphatic heterocycles. The maximum Gasteiger partial charge on any atom is 0.280 e. The summed E-state index contributed by atoms with van der Waals surface area (Å²) in [5.41, 5.74) is 0.0912. The lowest BCUT2D eigenvalue weighted by Crippen LogP contribution is -2.46. The van der Waals surface area contributed by atoms with Gasteiger partial charge in [0.1, 0.15) is 18.3 Å². The van der Waals surface area contributed by atoms with Crippen molar-refractivity contribution in [2.75, 3.05) is 60.7 Å². The van der Waals surface area contributed by atoms with Gasteiger partial charge in [-0.05, 0) is 27.7 Å². The Labute approximate surface area is 253 Å². The molecular weight excluding hydrogens is 577 g/mol. The Morgan fingerprint density at radius 2 is 1.98 bits per heavy atom. The Bertz CT molecular complexity index is 1300. The van der Waals surface area contributed by atoms with Crippen molar-refractivity contribution in [3.05, 3.63) is 16.7 Å². The molecule has 4 heterocycles. The van der Waals surface area contributed by atoms with Crippen molar-refractivity contribution in [1.82, 2.24) is 34.0 Å². The third kappa shape index (κ3) is 8.14. The van der Waals surface area contributed by atoms with Gasteiger partial charge in [0.15, 0.2) is 17.4 Å². The molecule has 15 nitrogen and oxygen atoms in total. The number of hydrogen-bond acceptors (Lipinski definition) is 12. The molecule has 16 heteroatoms. The minimum absolute atomic E-state index is 0.125. The summed E-state index contributed by atoms with van der Waals surface area (Å²) in [7, 11) is 3.69. The highest BCUT2D eigenvalue weighted by molar-refractivity contribution is 7.44. The van der Waals surface area contributed by atoms with E-state index in [2.05, 4.69) is 63.3 Å². The number of H-pyrrole nitrogens is 1. The van der Waals surface area contributed by atoms with E-state index < -0.39 is 38.6 Å². The third-order valence-electron chi connectivity index (χ3n) is 7.08. The average Bonchev–Trinajstić information content (AvgIpc) is 3.53. The fraction of sp³-hybridized carbons (Fsp3) is 0.741. The predicted octanol–water partition coefficient (Wildman–Crippen LogP) is 2.25. The molecule has 4 rings (SSSR count). The second kappa shape index (κ2) is 15.5. The summed E-state index contributed by atoms with van der Waals surface area (Å²) < 4.78 is 35.4. The lowest BCUT2D eigenvalue weighted by atomic mass is 10.1. The predicted molar refractivity (Wildman–Crippen MR) is 162 cm³/mol. The number of hydrogen-bond donors (Lipinski definition) is 1. The van der Waals surface area contributed by atoms with Gasteiger partial charge in [0.05, 0.1) is 45.0 Å². The summed E-state index contributed by atoms with van der Waals surface area (Å²) in [6.45, 7) is 12.0. The number of aliphatic imine (C=N–C) groups is 1. The topological polar surface area (TPSA) is 156 Å². The van der Waals surface area contributed by atoms with Crippen LogP contribution in [0.15, 0.2) is 16.1 Å². The summed E-state index contributed by atoms with van der Waals surface area (Å²) in [6.07, 6.45) is 1.10. The zero-order valence-corrected chi connectivity index (χ0v) is 26.9. The molecule has 238 valence electrons. The maximum atomic E-state index is 12.9. The first kappa shape index (κ1) is 33.4. The smallest absolute Gasteiger partial charge is 0.280 e. The van der Waals surface area contributed by atoms with E-state index in [1.54, 1.807) is 22.9 Å². The van der Waals surface area contributed by atoms with Crippen LogP contribution in [-0.2, 0) is 23.3 Å².